The predicted molar refractivity (Wildman–Crippen MR) is 59.4 cm³/mol. The van der Waals surface area contributed by atoms with E-state index in [2.05, 4.69) is 24.1 Å². The molecular formula is C10H18N2OS. The molecule has 14 heavy (non-hydrogen) atoms. The third-order valence-electron chi connectivity index (χ3n) is 2.05. The number of rotatable bonds is 5. The fourth-order valence-electron chi connectivity index (χ4n) is 1.53. The first-order chi connectivity index (χ1) is 6.59. The lowest BCUT2D eigenvalue weighted by molar-refractivity contribution is 0.168. The van der Waals surface area contributed by atoms with Crippen molar-refractivity contribution in [3.63, 3.8) is 0 Å². The van der Waals surface area contributed by atoms with Gasteiger partial charge in [0.15, 0.2) is 0 Å². The van der Waals surface area contributed by atoms with E-state index in [-0.39, 0.29) is 12.1 Å². The van der Waals surface area contributed by atoms with Gasteiger partial charge in [0.1, 0.15) is 5.01 Å². The Kier molecular flexibility index (Phi) is 4.51. The van der Waals surface area contributed by atoms with Gasteiger partial charge in [-0.1, -0.05) is 0 Å². The third kappa shape index (κ3) is 3.74. The van der Waals surface area contributed by atoms with E-state index in [0.717, 1.165) is 11.4 Å². The summed E-state index contributed by atoms with van der Waals surface area (Å²) in [6.07, 6.45) is 2.34. The van der Waals surface area contributed by atoms with Gasteiger partial charge in [0.25, 0.3) is 0 Å². The van der Waals surface area contributed by atoms with Crippen LogP contribution in [-0.2, 0) is 0 Å². The average Bonchev–Trinajstić information content (AvgIpc) is 2.53. The van der Waals surface area contributed by atoms with Crippen LogP contribution >= 0.6 is 11.3 Å². The number of thiazole rings is 1. The third-order valence-corrected chi connectivity index (χ3v) is 3.01. The first-order valence-electron chi connectivity index (χ1n) is 4.93. The molecule has 0 saturated carbocycles. The summed E-state index contributed by atoms with van der Waals surface area (Å²) in [5.41, 5.74) is 0. The highest BCUT2D eigenvalue weighted by molar-refractivity contribution is 7.09. The summed E-state index contributed by atoms with van der Waals surface area (Å²) in [5, 5.41) is 15.7. The number of aliphatic hydroxyl groups excluding tert-OH is 1. The van der Waals surface area contributed by atoms with Gasteiger partial charge in [-0.2, -0.15) is 0 Å². The summed E-state index contributed by atoms with van der Waals surface area (Å²) >= 11 is 1.66. The molecule has 3 nitrogen and oxygen atoms in total. The zero-order valence-electron chi connectivity index (χ0n) is 8.90. The number of nitrogens with one attached hydrogen (secondary N) is 1. The molecule has 1 aromatic rings. The molecule has 80 valence electrons. The predicted octanol–water partition coefficient (Wildman–Crippen LogP) is 1.95. The van der Waals surface area contributed by atoms with E-state index in [9.17, 15) is 5.11 Å². The van der Waals surface area contributed by atoms with Crippen LogP contribution in [-0.4, -0.2) is 22.2 Å². The lowest BCUT2D eigenvalue weighted by atomic mass is 10.1. The van der Waals surface area contributed by atoms with E-state index in [0.29, 0.717) is 6.04 Å². The molecule has 2 N–H and O–H groups in total. The van der Waals surface area contributed by atoms with Gasteiger partial charge in [0, 0.05) is 17.6 Å². The summed E-state index contributed by atoms with van der Waals surface area (Å²) in [6.45, 7) is 5.99. The number of aromatic nitrogens is 1. The molecule has 0 saturated heterocycles. The van der Waals surface area contributed by atoms with E-state index in [1.165, 1.54) is 0 Å². The van der Waals surface area contributed by atoms with Crippen LogP contribution in [0.15, 0.2) is 11.6 Å². The molecule has 0 bridgehead atoms. The molecular weight excluding hydrogens is 196 g/mol. The first-order valence-corrected chi connectivity index (χ1v) is 5.81. The second-order valence-corrected chi connectivity index (χ2v) is 4.67. The highest BCUT2D eigenvalue weighted by Gasteiger charge is 2.12. The largest absolute Gasteiger partial charge is 0.393 e. The van der Waals surface area contributed by atoms with Crippen LogP contribution in [0, 0.1) is 0 Å². The second-order valence-electron chi connectivity index (χ2n) is 3.74. The van der Waals surface area contributed by atoms with Crippen molar-refractivity contribution in [2.75, 3.05) is 0 Å². The zero-order valence-corrected chi connectivity index (χ0v) is 9.71. The van der Waals surface area contributed by atoms with Crippen LogP contribution in [0.3, 0.4) is 0 Å². The van der Waals surface area contributed by atoms with Crippen LogP contribution in [0.5, 0.6) is 0 Å². The molecule has 3 unspecified atom stereocenters. The molecule has 4 heteroatoms. The van der Waals surface area contributed by atoms with Gasteiger partial charge in [-0.25, -0.2) is 4.98 Å². The molecule has 3 atom stereocenters. The van der Waals surface area contributed by atoms with Crippen molar-refractivity contribution in [2.45, 2.75) is 45.4 Å². The van der Waals surface area contributed by atoms with Gasteiger partial charge in [0.2, 0.25) is 0 Å². The van der Waals surface area contributed by atoms with Gasteiger partial charge in [0.05, 0.1) is 12.1 Å². The molecule has 1 rings (SSSR count). The number of aliphatic hydroxyl groups is 1. The highest BCUT2D eigenvalue weighted by atomic mass is 32.1. The summed E-state index contributed by atoms with van der Waals surface area (Å²) in [7, 11) is 0. The van der Waals surface area contributed by atoms with E-state index in [1.54, 1.807) is 11.3 Å². The average molecular weight is 214 g/mol. The summed E-state index contributed by atoms with van der Waals surface area (Å²) in [4.78, 5) is 4.24. The maximum absolute atomic E-state index is 9.21. The van der Waals surface area contributed by atoms with Gasteiger partial charge < -0.3 is 10.4 Å². The maximum Gasteiger partial charge on any atom is 0.109 e. The van der Waals surface area contributed by atoms with Crippen molar-refractivity contribution in [2.24, 2.45) is 0 Å². The Morgan fingerprint density at radius 2 is 2.21 bits per heavy atom. The minimum absolute atomic E-state index is 0.249. The molecule has 1 heterocycles. The molecule has 0 spiro atoms. The van der Waals surface area contributed by atoms with Crippen molar-refractivity contribution in [3.05, 3.63) is 16.6 Å². The standard InChI is InChI=1S/C10H18N2OS/c1-7(6-8(2)13)12-9(3)10-11-4-5-14-10/h4-5,7-9,12-13H,6H2,1-3H3. The molecule has 1 aromatic heterocycles. The topological polar surface area (TPSA) is 45.1 Å². The smallest absolute Gasteiger partial charge is 0.109 e. The minimum Gasteiger partial charge on any atom is -0.393 e. The van der Waals surface area contributed by atoms with Gasteiger partial charge >= 0.3 is 0 Å². The Bertz CT molecular complexity index is 249. The zero-order chi connectivity index (χ0) is 10.6. The number of hydrogen-bond acceptors (Lipinski definition) is 4. The van der Waals surface area contributed by atoms with E-state index in [4.69, 9.17) is 0 Å². The Morgan fingerprint density at radius 3 is 2.71 bits per heavy atom. The Hall–Kier alpha value is -0.450. The van der Waals surface area contributed by atoms with Crippen LogP contribution in [0.2, 0.25) is 0 Å². The number of nitrogens with zero attached hydrogens (tertiary/aromatic N) is 1. The Morgan fingerprint density at radius 1 is 1.50 bits per heavy atom. The summed E-state index contributed by atoms with van der Waals surface area (Å²) in [5.74, 6) is 0. The van der Waals surface area contributed by atoms with E-state index >= 15 is 0 Å². The van der Waals surface area contributed by atoms with Crippen molar-refractivity contribution < 1.29 is 5.11 Å². The summed E-state index contributed by atoms with van der Waals surface area (Å²) in [6, 6.07) is 0.581. The maximum atomic E-state index is 9.21. The van der Waals surface area contributed by atoms with Crippen LogP contribution in [0.4, 0.5) is 0 Å². The molecule has 0 aliphatic heterocycles. The van der Waals surface area contributed by atoms with Gasteiger partial charge in [-0.15, -0.1) is 11.3 Å². The lowest BCUT2D eigenvalue weighted by Gasteiger charge is -2.19. The van der Waals surface area contributed by atoms with E-state index < -0.39 is 0 Å². The Balaban J connectivity index is 2.37. The summed E-state index contributed by atoms with van der Waals surface area (Å²) < 4.78 is 0. The minimum atomic E-state index is -0.249. The first kappa shape index (κ1) is 11.6. The van der Waals surface area contributed by atoms with E-state index in [1.807, 2.05) is 18.5 Å². The molecule has 0 radical (unpaired) electrons. The Labute approximate surface area is 89.2 Å². The van der Waals surface area contributed by atoms with Crippen LogP contribution < -0.4 is 5.32 Å². The van der Waals surface area contributed by atoms with Crippen molar-refractivity contribution in [1.82, 2.24) is 10.3 Å². The monoisotopic (exact) mass is 214 g/mol. The van der Waals surface area contributed by atoms with Crippen molar-refractivity contribution in [1.29, 1.82) is 0 Å². The SMILES string of the molecule is CC(O)CC(C)NC(C)c1nccs1. The van der Waals surface area contributed by atoms with Gasteiger partial charge in [-0.05, 0) is 27.2 Å². The fraction of sp³-hybridized carbons (Fsp3) is 0.700. The fourth-order valence-corrected chi connectivity index (χ4v) is 2.18. The molecule has 0 fully saturated rings. The second kappa shape index (κ2) is 5.44. The lowest BCUT2D eigenvalue weighted by Crippen LogP contribution is -2.31. The molecule has 0 aliphatic carbocycles. The number of hydrogen-bond donors (Lipinski definition) is 2. The van der Waals surface area contributed by atoms with Crippen molar-refractivity contribution >= 4 is 11.3 Å². The van der Waals surface area contributed by atoms with Crippen LogP contribution in [0.25, 0.3) is 0 Å². The molecule has 0 aliphatic rings. The normalized spacial score (nSPS) is 17.7. The highest BCUT2D eigenvalue weighted by Crippen LogP contribution is 2.15. The quantitative estimate of drug-likeness (QED) is 0.787. The molecule has 0 aromatic carbocycles. The van der Waals surface area contributed by atoms with Gasteiger partial charge in [-0.3, -0.25) is 0 Å². The van der Waals surface area contributed by atoms with Crippen LogP contribution in [0.1, 0.15) is 38.2 Å². The molecule has 0 amide bonds. The van der Waals surface area contributed by atoms with Crippen molar-refractivity contribution in [3.8, 4) is 0 Å².